The number of benzene rings is 1. The summed E-state index contributed by atoms with van der Waals surface area (Å²) < 4.78 is 34.5. The highest BCUT2D eigenvalue weighted by Gasteiger charge is 2.30. The number of methoxy groups -OCH3 is 1. The van der Waals surface area contributed by atoms with Crippen LogP contribution >= 0.6 is 0 Å². The highest BCUT2D eigenvalue weighted by atomic mass is 28.3. The summed E-state index contributed by atoms with van der Waals surface area (Å²) in [6.07, 6.45) is 5.15. The van der Waals surface area contributed by atoms with Crippen LogP contribution in [0.2, 0.25) is 25.7 Å². The van der Waals surface area contributed by atoms with Crippen molar-refractivity contribution in [1.29, 1.82) is 0 Å². The Hall–Kier alpha value is -3.71. The molecule has 0 spiro atoms. The molecule has 2 saturated carbocycles. The van der Waals surface area contributed by atoms with Crippen LogP contribution < -0.4 is 20.1 Å². The molecular weight excluding hydrogens is 597 g/mol. The van der Waals surface area contributed by atoms with Gasteiger partial charge in [-0.15, -0.1) is 0 Å². The van der Waals surface area contributed by atoms with E-state index in [2.05, 4.69) is 40.2 Å². The summed E-state index contributed by atoms with van der Waals surface area (Å²) in [5.74, 6) is 0.0572. The Morgan fingerprint density at radius 3 is 2.36 bits per heavy atom. The fraction of sp³-hybridized carbons (Fsp3) is 0.562. The minimum atomic E-state index is -1.34. The minimum Gasteiger partial charge on any atom is -0.494 e. The van der Waals surface area contributed by atoms with Gasteiger partial charge in [-0.1, -0.05) is 19.6 Å². The van der Waals surface area contributed by atoms with Crippen LogP contribution in [-0.2, 0) is 11.5 Å². The summed E-state index contributed by atoms with van der Waals surface area (Å²) in [6.45, 7) is 9.97. The van der Waals surface area contributed by atoms with Crippen LogP contribution in [0, 0.1) is 18.7 Å². The van der Waals surface area contributed by atoms with Crippen molar-refractivity contribution in [2.75, 3.05) is 20.3 Å². The molecule has 0 saturated heterocycles. The Labute approximate surface area is 263 Å². The lowest BCUT2D eigenvalue weighted by molar-refractivity contribution is 0.0877. The molecule has 5 rings (SSSR count). The zero-order valence-corrected chi connectivity index (χ0v) is 27.7. The largest absolute Gasteiger partial charge is 0.494 e. The molecule has 2 aliphatic rings. The number of halogens is 1. The number of hydrogen-bond donors (Lipinski definition) is 3. The fourth-order valence-electron chi connectivity index (χ4n) is 5.76. The van der Waals surface area contributed by atoms with Gasteiger partial charge < -0.3 is 34.5 Å². The smallest absolute Gasteiger partial charge is 0.404 e. The molecule has 0 bridgehead atoms. The average Bonchev–Trinajstić information content (AvgIpc) is 3.76. The van der Waals surface area contributed by atoms with E-state index in [0.717, 1.165) is 18.9 Å². The van der Waals surface area contributed by atoms with Crippen LogP contribution in [0.3, 0.4) is 0 Å². The zero-order chi connectivity index (χ0) is 32.3. The molecule has 2 aromatic heterocycles. The van der Waals surface area contributed by atoms with E-state index in [4.69, 9.17) is 19.3 Å². The van der Waals surface area contributed by atoms with E-state index in [1.165, 1.54) is 19.5 Å². The average molecular weight is 642 g/mol. The van der Waals surface area contributed by atoms with E-state index in [0.29, 0.717) is 84.1 Å². The molecule has 11 nitrogen and oxygen atoms in total. The van der Waals surface area contributed by atoms with Gasteiger partial charge in [-0.25, -0.2) is 19.2 Å². The molecule has 2 heterocycles. The topological polar surface area (TPSA) is 137 Å². The first kappa shape index (κ1) is 32.7. The van der Waals surface area contributed by atoms with E-state index >= 15 is 0 Å². The summed E-state index contributed by atoms with van der Waals surface area (Å²) in [5, 5.41) is 14.8. The van der Waals surface area contributed by atoms with E-state index in [9.17, 15) is 14.0 Å². The summed E-state index contributed by atoms with van der Waals surface area (Å²) in [6, 6.07) is 3.68. The van der Waals surface area contributed by atoms with Gasteiger partial charge in [-0.05, 0) is 63.5 Å². The van der Waals surface area contributed by atoms with Crippen molar-refractivity contribution in [2.45, 2.75) is 89.9 Å². The Morgan fingerprint density at radius 1 is 1.04 bits per heavy atom. The molecule has 2 fully saturated rings. The number of carboxylic acid groups (broad SMARTS) is 1. The number of nitrogens with one attached hydrogen (secondary N) is 2. The van der Waals surface area contributed by atoms with Crippen LogP contribution in [0.4, 0.5) is 9.18 Å². The summed E-state index contributed by atoms with van der Waals surface area (Å²) in [5.41, 5.74) is 3.17. The highest BCUT2D eigenvalue weighted by molar-refractivity contribution is 6.76. The Morgan fingerprint density at radius 2 is 1.73 bits per heavy atom. The lowest BCUT2D eigenvalue weighted by Crippen LogP contribution is -2.43. The predicted octanol–water partition coefficient (Wildman–Crippen LogP) is 5.96. The molecule has 0 unspecified atom stereocenters. The molecule has 3 N–H and O–H groups in total. The number of aromatic nitrogens is 3. The highest BCUT2D eigenvalue weighted by Crippen LogP contribution is 2.40. The van der Waals surface area contributed by atoms with Gasteiger partial charge in [0.15, 0.2) is 11.6 Å². The lowest BCUT2D eigenvalue weighted by Gasteiger charge is -2.28. The van der Waals surface area contributed by atoms with Crippen molar-refractivity contribution >= 4 is 31.1 Å². The van der Waals surface area contributed by atoms with Crippen LogP contribution in [0.25, 0.3) is 22.3 Å². The van der Waals surface area contributed by atoms with Gasteiger partial charge in [0.1, 0.15) is 30.0 Å². The SMILES string of the molecule is COc1cc(-c2ncnc3c(C(=O)N[C@H]4CC[C@@H](NC(=O)O)CC4)c(C)n(COCC[Si](C)(C)C)c23)c(OCC2CC2)cc1F. The second-order valence-electron chi connectivity index (χ2n) is 13.4. The molecular formula is C32H44FN5O6Si. The Kier molecular flexibility index (Phi) is 9.97. The number of ether oxygens (including phenoxy) is 3. The Balaban J connectivity index is 1.53. The van der Waals surface area contributed by atoms with Gasteiger partial charge >= 0.3 is 6.09 Å². The van der Waals surface area contributed by atoms with Gasteiger partial charge in [0.25, 0.3) is 5.91 Å². The normalized spacial score (nSPS) is 18.5. The van der Waals surface area contributed by atoms with Gasteiger partial charge in [0, 0.05) is 44.1 Å². The number of nitrogens with zero attached hydrogens (tertiary/aromatic N) is 3. The number of hydrogen-bond acceptors (Lipinski definition) is 7. The summed E-state index contributed by atoms with van der Waals surface area (Å²) in [7, 11) is 0.0710. The molecule has 45 heavy (non-hydrogen) atoms. The first-order valence-electron chi connectivity index (χ1n) is 15.7. The molecule has 0 radical (unpaired) electrons. The zero-order valence-electron chi connectivity index (χ0n) is 26.7. The third-order valence-corrected chi connectivity index (χ3v) is 10.3. The van der Waals surface area contributed by atoms with Gasteiger partial charge in [0.2, 0.25) is 0 Å². The van der Waals surface area contributed by atoms with E-state index in [-0.39, 0.29) is 30.5 Å². The van der Waals surface area contributed by atoms with Crippen molar-refractivity contribution in [1.82, 2.24) is 25.2 Å². The summed E-state index contributed by atoms with van der Waals surface area (Å²) in [4.78, 5) is 34.2. The number of carbonyl (C=O) groups is 2. The van der Waals surface area contributed by atoms with Crippen LogP contribution in [-0.4, -0.2) is 72.1 Å². The molecule has 244 valence electrons. The molecule has 2 aliphatic carbocycles. The Bertz CT molecular complexity index is 1550. The molecule has 13 heteroatoms. The quantitative estimate of drug-likeness (QED) is 0.154. The second kappa shape index (κ2) is 13.7. The maximum atomic E-state index is 14.9. The molecule has 2 amide bonds. The van der Waals surface area contributed by atoms with E-state index < -0.39 is 20.0 Å². The standard InChI is InChI=1S/C32H44FN5O6Si/c1-19-27(31(39)36-21-8-10-22(11-9-21)37-32(40)41)29-30(38(19)18-43-12-13-45(3,4)5)28(34-17-35-29)23-14-26(42-2)24(33)15-25(23)44-16-20-6-7-20/h14-15,17,20-22,37H,6-13,16,18H2,1-5H3,(H,36,39)(H,40,41)/t21-,22+. The number of carbonyl (C=O) groups excluding carboxylic acids is 1. The van der Waals surface area contributed by atoms with Crippen molar-refractivity contribution in [3.05, 3.63) is 35.5 Å². The van der Waals surface area contributed by atoms with Gasteiger partial charge in [-0.2, -0.15) is 0 Å². The molecule has 0 aliphatic heterocycles. The van der Waals surface area contributed by atoms with E-state index in [1.807, 2.05) is 11.5 Å². The first-order valence-corrected chi connectivity index (χ1v) is 19.4. The van der Waals surface area contributed by atoms with Crippen LogP contribution in [0.5, 0.6) is 11.5 Å². The third kappa shape index (κ3) is 7.93. The number of fused-ring (bicyclic) bond motifs is 1. The van der Waals surface area contributed by atoms with Crippen LogP contribution in [0.1, 0.15) is 54.6 Å². The van der Waals surface area contributed by atoms with E-state index in [1.54, 1.807) is 6.07 Å². The van der Waals surface area contributed by atoms with Crippen molar-refractivity contribution in [3.63, 3.8) is 0 Å². The van der Waals surface area contributed by atoms with Crippen molar-refractivity contribution < 1.29 is 33.3 Å². The number of rotatable bonds is 13. The minimum absolute atomic E-state index is 0.0581. The monoisotopic (exact) mass is 641 g/mol. The van der Waals surface area contributed by atoms with Gasteiger partial charge in [0.05, 0.1) is 24.8 Å². The van der Waals surface area contributed by atoms with Crippen molar-refractivity contribution in [2.24, 2.45) is 5.92 Å². The fourth-order valence-corrected chi connectivity index (χ4v) is 6.52. The van der Waals surface area contributed by atoms with Gasteiger partial charge in [-0.3, -0.25) is 4.79 Å². The first-order chi connectivity index (χ1) is 21.4. The predicted molar refractivity (Wildman–Crippen MR) is 171 cm³/mol. The maximum Gasteiger partial charge on any atom is 0.404 e. The molecule has 0 atom stereocenters. The third-order valence-electron chi connectivity index (χ3n) is 8.61. The van der Waals surface area contributed by atoms with Crippen molar-refractivity contribution in [3.8, 4) is 22.8 Å². The molecule has 1 aromatic carbocycles. The van der Waals surface area contributed by atoms with Crippen LogP contribution in [0.15, 0.2) is 18.5 Å². The second-order valence-corrected chi connectivity index (χ2v) is 19.0. The molecule has 3 aromatic rings. The lowest BCUT2D eigenvalue weighted by atomic mass is 9.91. The number of amides is 2. The maximum absolute atomic E-state index is 14.9. The summed E-state index contributed by atoms with van der Waals surface area (Å²) >= 11 is 0.